The standard InChI is InChI=1S/C18H24N2/c1-12-11-13(2)15(4)17(14(12)3)20-18(5,6)16-9-7-8-10-19-16/h7-11,20H,1-6H3. The van der Waals surface area contributed by atoms with Crippen molar-refractivity contribution in [3.63, 3.8) is 0 Å². The average Bonchev–Trinajstić information content (AvgIpc) is 2.42. The molecule has 0 saturated heterocycles. The fraction of sp³-hybridized carbons (Fsp3) is 0.389. The lowest BCUT2D eigenvalue weighted by atomic mass is 9.94. The maximum atomic E-state index is 4.49. The van der Waals surface area contributed by atoms with E-state index in [1.54, 1.807) is 0 Å². The molecule has 0 bridgehead atoms. The van der Waals surface area contributed by atoms with Crippen LogP contribution in [0.3, 0.4) is 0 Å². The molecule has 0 atom stereocenters. The first-order valence-corrected chi connectivity index (χ1v) is 7.10. The van der Waals surface area contributed by atoms with Gasteiger partial charge in [-0.05, 0) is 75.9 Å². The third kappa shape index (κ3) is 2.69. The predicted molar refractivity (Wildman–Crippen MR) is 86.3 cm³/mol. The monoisotopic (exact) mass is 268 g/mol. The second-order valence-electron chi connectivity index (χ2n) is 6.10. The van der Waals surface area contributed by atoms with Gasteiger partial charge in [-0.2, -0.15) is 0 Å². The number of nitrogens with zero attached hydrogens (tertiary/aromatic N) is 1. The van der Waals surface area contributed by atoms with E-state index in [1.807, 2.05) is 18.3 Å². The van der Waals surface area contributed by atoms with Gasteiger partial charge in [-0.3, -0.25) is 4.98 Å². The van der Waals surface area contributed by atoms with Gasteiger partial charge < -0.3 is 5.32 Å². The van der Waals surface area contributed by atoms with Gasteiger partial charge in [-0.15, -0.1) is 0 Å². The highest BCUT2D eigenvalue weighted by atomic mass is 15.0. The molecule has 0 spiro atoms. The highest BCUT2D eigenvalue weighted by Gasteiger charge is 2.23. The minimum absolute atomic E-state index is 0.197. The van der Waals surface area contributed by atoms with Gasteiger partial charge in [-0.25, -0.2) is 0 Å². The molecule has 0 saturated carbocycles. The Labute approximate surface area is 122 Å². The van der Waals surface area contributed by atoms with Gasteiger partial charge in [0.05, 0.1) is 11.2 Å². The minimum atomic E-state index is -0.197. The van der Waals surface area contributed by atoms with E-state index in [2.05, 4.69) is 64.0 Å². The van der Waals surface area contributed by atoms with Gasteiger partial charge in [0.15, 0.2) is 0 Å². The van der Waals surface area contributed by atoms with Crippen LogP contribution in [0.4, 0.5) is 5.69 Å². The minimum Gasteiger partial charge on any atom is -0.374 e. The predicted octanol–water partition coefficient (Wildman–Crippen LogP) is 4.66. The number of hydrogen-bond donors (Lipinski definition) is 1. The molecule has 106 valence electrons. The fourth-order valence-electron chi connectivity index (χ4n) is 2.51. The molecule has 0 radical (unpaired) electrons. The Kier molecular flexibility index (Phi) is 3.85. The quantitative estimate of drug-likeness (QED) is 0.875. The lowest BCUT2D eigenvalue weighted by molar-refractivity contribution is 0.586. The Hall–Kier alpha value is -1.83. The van der Waals surface area contributed by atoms with Crippen LogP contribution in [0.25, 0.3) is 0 Å². The van der Waals surface area contributed by atoms with Gasteiger partial charge in [0.2, 0.25) is 0 Å². The zero-order chi connectivity index (χ0) is 14.9. The van der Waals surface area contributed by atoms with E-state index in [0.29, 0.717) is 0 Å². The van der Waals surface area contributed by atoms with E-state index >= 15 is 0 Å². The Balaban J connectivity index is 2.45. The zero-order valence-corrected chi connectivity index (χ0v) is 13.3. The summed E-state index contributed by atoms with van der Waals surface area (Å²) < 4.78 is 0. The summed E-state index contributed by atoms with van der Waals surface area (Å²) in [5, 5.41) is 3.69. The van der Waals surface area contributed by atoms with Gasteiger partial charge in [0.25, 0.3) is 0 Å². The molecule has 0 unspecified atom stereocenters. The largest absolute Gasteiger partial charge is 0.374 e. The van der Waals surface area contributed by atoms with Crippen LogP contribution < -0.4 is 5.32 Å². The molecular weight excluding hydrogens is 244 g/mol. The number of benzene rings is 1. The lowest BCUT2D eigenvalue weighted by Crippen LogP contribution is -2.30. The van der Waals surface area contributed by atoms with E-state index in [-0.39, 0.29) is 5.54 Å². The topological polar surface area (TPSA) is 24.9 Å². The van der Waals surface area contributed by atoms with Crippen molar-refractivity contribution in [2.45, 2.75) is 47.1 Å². The van der Waals surface area contributed by atoms with Crippen LogP contribution in [0, 0.1) is 27.7 Å². The average molecular weight is 268 g/mol. The van der Waals surface area contributed by atoms with Crippen molar-refractivity contribution >= 4 is 5.69 Å². The first-order valence-electron chi connectivity index (χ1n) is 7.10. The molecule has 0 amide bonds. The van der Waals surface area contributed by atoms with Crippen LogP contribution in [0.15, 0.2) is 30.5 Å². The number of pyridine rings is 1. The summed E-state index contributed by atoms with van der Waals surface area (Å²) >= 11 is 0. The summed E-state index contributed by atoms with van der Waals surface area (Å²) in [6, 6.07) is 8.31. The molecule has 20 heavy (non-hydrogen) atoms. The van der Waals surface area contributed by atoms with Crippen LogP contribution in [-0.2, 0) is 5.54 Å². The summed E-state index contributed by atoms with van der Waals surface area (Å²) in [4.78, 5) is 4.49. The molecule has 0 aliphatic heterocycles. The molecule has 0 aliphatic rings. The number of anilines is 1. The van der Waals surface area contributed by atoms with Crippen LogP contribution in [-0.4, -0.2) is 4.98 Å². The van der Waals surface area contributed by atoms with E-state index < -0.39 is 0 Å². The molecule has 0 aliphatic carbocycles. The van der Waals surface area contributed by atoms with Crippen molar-refractivity contribution in [2.75, 3.05) is 5.32 Å². The molecule has 2 aromatic rings. The van der Waals surface area contributed by atoms with Crippen molar-refractivity contribution in [3.8, 4) is 0 Å². The van der Waals surface area contributed by atoms with Gasteiger partial charge in [0, 0.05) is 11.9 Å². The van der Waals surface area contributed by atoms with Crippen molar-refractivity contribution in [3.05, 3.63) is 58.4 Å². The van der Waals surface area contributed by atoms with Gasteiger partial charge in [0.1, 0.15) is 0 Å². The number of aromatic nitrogens is 1. The van der Waals surface area contributed by atoms with E-state index in [0.717, 1.165) is 5.69 Å². The fourth-order valence-corrected chi connectivity index (χ4v) is 2.51. The first kappa shape index (κ1) is 14.6. The second-order valence-corrected chi connectivity index (χ2v) is 6.10. The molecule has 1 heterocycles. The van der Waals surface area contributed by atoms with E-state index in [9.17, 15) is 0 Å². The first-order chi connectivity index (χ1) is 9.33. The number of rotatable bonds is 3. The van der Waals surface area contributed by atoms with E-state index in [1.165, 1.54) is 27.9 Å². The molecule has 1 aromatic heterocycles. The Morgan fingerprint density at radius 1 is 0.950 bits per heavy atom. The van der Waals surface area contributed by atoms with Crippen molar-refractivity contribution in [1.82, 2.24) is 4.98 Å². The normalized spacial score (nSPS) is 11.5. The summed E-state index contributed by atoms with van der Waals surface area (Å²) in [6.45, 7) is 13.0. The van der Waals surface area contributed by atoms with Crippen LogP contribution in [0.2, 0.25) is 0 Å². The Morgan fingerprint density at radius 3 is 2.05 bits per heavy atom. The molecule has 2 heteroatoms. The van der Waals surface area contributed by atoms with Crippen molar-refractivity contribution in [2.24, 2.45) is 0 Å². The molecular formula is C18H24N2. The maximum absolute atomic E-state index is 4.49. The highest BCUT2D eigenvalue weighted by Crippen LogP contribution is 2.32. The van der Waals surface area contributed by atoms with E-state index in [4.69, 9.17) is 0 Å². The highest BCUT2D eigenvalue weighted by molar-refractivity contribution is 5.63. The van der Waals surface area contributed by atoms with Gasteiger partial charge in [-0.1, -0.05) is 12.1 Å². The van der Waals surface area contributed by atoms with Crippen LogP contribution >= 0.6 is 0 Å². The zero-order valence-electron chi connectivity index (χ0n) is 13.3. The summed E-state index contributed by atoms with van der Waals surface area (Å²) in [6.07, 6.45) is 1.85. The second kappa shape index (κ2) is 5.28. The SMILES string of the molecule is Cc1cc(C)c(C)c(NC(C)(C)c2ccccn2)c1C. The maximum Gasteiger partial charge on any atom is 0.0739 e. The molecule has 0 fully saturated rings. The van der Waals surface area contributed by atoms with Crippen LogP contribution in [0.1, 0.15) is 41.8 Å². The molecule has 2 nitrogen and oxygen atoms in total. The number of aryl methyl sites for hydroxylation is 2. The Bertz CT molecular complexity index is 587. The molecule has 1 aromatic carbocycles. The van der Waals surface area contributed by atoms with Crippen LogP contribution in [0.5, 0.6) is 0 Å². The molecule has 2 rings (SSSR count). The summed E-state index contributed by atoms with van der Waals surface area (Å²) in [5.74, 6) is 0. The summed E-state index contributed by atoms with van der Waals surface area (Å²) in [7, 11) is 0. The van der Waals surface area contributed by atoms with Crippen molar-refractivity contribution < 1.29 is 0 Å². The Morgan fingerprint density at radius 2 is 1.55 bits per heavy atom. The lowest BCUT2D eigenvalue weighted by Gasteiger charge is -2.30. The summed E-state index contributed by atoms with van der Waals surface area (Å²) in [5.41, 5.74) is 7.38. The molecule has 1 N–H and O–H groups in total. The smallest absolute Gasteiger partial charge is 0.0739 e. The van der Waals surface area contributed by atoms with Crippen molar-refractivity contribution in [1.29, 1.82) is 0 Å². The third-order valence-corrected chi connectivity index (χ3v) is 4.11. The third-order valence-electron chi connectivity index (χ3n) is 4.11. The number of hydrogen-bond acceptors (Lipinski definition) is 2. The number of nitrogens with one attached hydrogen (secondary N) is 1. The van der Waals surface area contributed by atoms with Gasteiger partial charge >= 0.3 is 0 Å².